The molecule has 0 aliphatic carbocycles. The van der Waals surface area contributed by atoms with Crippen LogP contribution >= 0.6 is 22.7 Å². The highest BCUT2D eigenvalue weighted by Gasteiger charge is 2.28. The zero-order valence-corrected chi connectivity index (χ0v) is 24.4. The molecular weight excluding hydrogens is 548 g/mol. The second-order valence-corrected chi connectivity index (χ2v) is 12.3. The van der Waals surface area contributed by atoms with Gasteiger partial charge in [-0.1, -0.05) is 24.3 Å². The Morgan fingerprint density at radius 1 is 1.02 bits per heavy atom. The normalized spacial score (nSPS) is 14.0. The van der Waals surface area contributed by atoms with Gasteiger partial charge in [0.15, 0.2) is 10.9 Å². The molecule has 1 aliphatic heterocycles. The summed E-state index contributed by atoms with van der Waals surface area (Å²) in [4.78, 5) is 49.1. The van der Waals surface area contributed by atoms with Gasteiger partial charge in [0, 0.05) is 49.9 Å². The number of hydrogen-bond acceptors (Lipinski definition) is 8. The fourth-order valence-corrected chi connectivity index (χ4v) is 5.95. The summed E-state index contributed by atoms with van der Waals surface area (Å²) in [6.07, 6.45) is 0.428. The second kappa shape index (κ2) is 11.8. The molecule has 0 atom stereocenters. The van der Waals surface area contributed by atoms with Crippen LogP contribution in [0.2, 0.25) is 0 Å². The van der Waals surface area contributed by atoms with Gasteiger partial charge >= 0.3 is 6.09 Å². The van der Waals surface area contributed by atoms with Crippen LogP contribution in [0.3, 0.4) is 0 Å². The Balaban J connectivity index is 1.21. The quantitative estimate of drug-likeness (QED) is 0.261. The van der Waals surface area contributed by atoms with Crippen LogP contribution in [0.25, 0.3) is 22.4 Å². The molecule has 210 valence electrons. The summed E-state index contributed by atoms with van der Waals surface area (Å²) in [5, 5.41) is 5.31. The number of thiophene rings is 1. The SMILES string of the molecule is CC(C)(C)OC(=O)N1CCN(C(=O)CCCN(C(=O)c2cccs2)c2nc(-c3cc4ccccc4o3)cs2)CC1. The highest BCUT2D eigenvalue weighted by molar-refractivity contribution is 7.14. The van der Waals surface area contributed by atoms with Crippen LogP contribution in [0.5, 0.6) is 0 Å². The lowest BCUT2D eigenvalue weighted by Gasteiger charge is -2.35. The molecular formula is C29H32N4O5S2. The molecule has 3 amide bonds. The Morgan fingerprint density at radius 3 is 2.48 bits per heavy atom. The Bertz CT molecular complexity index is 1450. The van der Waals surface area contributed by atoms with Crippen LogP contribution in [-0.4, -0.2) is 71.0 Å². The summed E-state index contributed by atoms with van der Waals surface area (Å²) >= 11 is 2.75. The zero-order chi connectivity index (χ0) is 28.3. The molecule has 1 aromatic carbocycles. The monoisotopic (exact) mass is 580 g/mol. The standard InChI is InChI=1S/C29H32N4O5S2/c1-29(2,3)38-28(36)32-15-13-31(14-16-32)25(34)11-6-12-33(26(35)24-10-7-17-39-24)27-30-21(19-40-27)23-18-20-8-4-5-9-22(20)37-23/h4-5,7-10,17-19H,6,11-16H2,1-3H3. The van der Waals surface area contributed by atoms with Gasteiger partial charge in [-0.25, -0.2) is 9.78 Å². The predicted octanol–water partition coefficient (Wildman–Crippen LogP) is 6.12. The summed E-state index contributed by atoms with van der Waals surface area (Å²) in [5.41, 5.74) is 0.892. The summed E-state index contributed by atoms with van der Waals surface area (Å²) in [7, 11) is 0. The first-order valence-corrected chi connectivity index (χ1v) is 15.0. The minimum Gasteiger partial charge on any atom is -0.454 e. The number of nitrogens with zero attached hydrogens (tertiary/aromatic N) is 4. The topological polar surface area (TPSA) is 96.2 Å². The number of rotatable bonds is 7. The minimum absolute atomic E-state index is 0.00876. The lowest BCUT2D eigenvalue weighted by atomic mass is 10.2. The van der Waals surface area contributed by atoms with Crippen molar-refractivity contribution in [1.82, 2.24) is 14.8 Å². The largest absolute Gasteiger partial charge is 0.454 e. The number of ether oxygens (including phenoxy) is 1. The number of furan rings is 1. The number of carbonyl (C=O) groups is 3. The van der Waals surface area contributed by atoms with Crippen molar-refractivity contribution in [2.45, 2.75) is 39.2 Å². The highest BCUT2D eigenvalue weighted by Crippen LogP contribution is 2.32. The van der Waals surface area contributed by atoms with Crippen LogP contribution in [-0.2, 0) is 9.53 Å². The van der Waals surface area contributed by atoms with Crippen LogP contribution in [0, 0.1) is 0 Å². The maximum atomic E-state index is 13.4. The van der Waals surface area contributed by atoms with E-state index < -0.39 is 5.60 Å². The van der Waals surface area contributed by atoms with Crippen molar-refractivity contribution < 1.29 is 23.5 Å². The first-order chi connectivity index (χ1) is 19.2. The average Bonchev–Trinajstić information content (AvgIpc) is 3.70. The number of para-hydroxylation sites is 1. The van der Waals surface area contributed by atoms with E-state index in [-0.39, 0.29) is 17.9 Å². The molecule has 1 saturated heterocycles. The molecule has 5 rings (SSSR count). The van der Waals surface area contributed by atoms with Crippen LogP contribution in [0.15, 0.2) is 57.6 Å². The molecule has 0 bridgehead atoms. The molecule has 4 aromatic rings. The van der Waals surface area contributed by atoms with Gasteiger partial charge in [0.1, 0.15) is 16.9 Å². The molecule has 9 nitrogen and oxygen atoms in total. The molecule has 1 fully saturated rings. The average molecular weight is 581 g/mol. The molecule has 0 unspecified atom stereocenters. The van der Waals surface area contributed by atoms with Gasteiger partial charge in [0.25, 0.3) is 5.91 Å². The number of aromatic nitrogens is 1. The number of hydrogen-bond donors (Lipinski definition) is 0. The van der Waals surface area contributed by atoms with Gasteiger partial charge in [-0.2, -0.15) is 0 Å². The van der Waals surface area contributed by atoms with E-state index in [0.29, 0.717) is 67.0 Å². The minimum atomic E-state index is -0.555. The van der Waals surface area contributed by atoms with Crippen LogP contribution < -0.4 is 4.90 Å². The smallest absolute Gasteiger partial charge is 0.410 e. The third-order valence-electron chi connectivity index (χ3n) is 6.43. The van der Waals surface area contributed by atoms with Gasteiger partial charge in [0.05, 0.1) is 4.88 Å². The molecule has 0 spiro atoms. The van der Waals surface area contributed by atoms with Gasteiger partial charge in [-0.15, -0.1) is 22.7 Å². The fourth-order valence-electron chi connectivity index (χ4n) is 4.44. The molecule has 3 aromatic heterocycles. The summed E-state index contributed by atoms with van der Waals surface area (Å²) in [6.45, 7) is 7.66. The maximum absolute atomic E-state index is 13.4. The molecule has 4 heterocycles. The van der Waals surface area contributed by atoms with E-state index in [1.807, 2.05) is 67.9 Å². The molecule has 0 N–H and O–H groups in total. The van der Waals surface area contributed by atoms with Crippen molar-refractivity contribution in [2.75, 3.05) is 37.6 Å². The van der Waals surface area contributed by atoms with Crippen molar-refractivity contribution in [2.24, 2.45) is 0 Å². The van der Waals surface area contributed by atoms with Gasteiger partial charge in [0.2, 0.25) is 5.91 Å². The summed E-state index contributed by atoms with van der Waals surface area (Å²) in [6, 6.07) is 13.4. The number of anilines is 1. The van der Waals surface area contributed by atoms with E-state index >= 15 is 0 Å². The van der Waals surface area contributed by atoms with Crippen molar-refractivity contribution in [3.05, 3.63) is 58.1 Å². The Kier molecular flexibility index (Phi) is 8.22. The van der Waals surface area contributed by atoms with Crippen LogP contribution in [0.1, 0.15) is 43.3 Å². The van der Waals surface area contributed by atoms with E-state index in [9.17, 15) is 14.4 Å². The fraction of sp³-hybridized carbons (Fsp3) is 0.379. The summed E-state index contributed by atoms with van der Waals surface area (Å²) < 4.78 is 11.4. The van der Waals surface area contributed by atoms with E-state index in [1.54, 1.807) is 20.8 Å². The van der Waals surface area contributed by atoms with Crippen LogP contribution in [0.4, 0.5) is 9.93 Å². The molecule has 0 radical (unpaired) electrons. The van der Waals surface area contributed by atoms with Crippen molar-refractivity contribution in [3.63, 3.8) is 0 Å². The lowest BCUT2D eigenvalue weighted by Crippen LogP contribution is -2.51. The highest BCUT2D eigenvalue weighted by atomic mass is 32.1. The Morgan fingerprint density at radius 2 is 1.77 bits per heavy atom. The van der Waals surface area contributed by atoms with Crippen molar-refractivity contribution in [3.8, 4) is 11.5 Å². The zero-order valence-electron chi connectivity index (χ0n) is 22.8. The van der Waals surface area contributed by atoms with E-state index in [1.165, 1.54) is 22.7 Å². The first kappa shape index (κ1) is 27.9. The number of piperazine rings is 1. The molecule has 40 heavy (non-hydrogen) atoms. The van der Waals surface area contributed by atoms with E-state index in [4.69, 9.17) is 14.1 Å². The van der Waals surface area contributed by atoms with Gasteiger partial charge in [-0.05, 0) is 50.8 Å². The predicted molar refractivity (Wildman–Crippen MR) is 157 cm³/mol. The van der Waals surface area contributed by atoms with Gasteiger partial charge < -0.3 is 19.0 Å². The summed E-state index contributed by atoms with van der Waals surface area (Å²) in [5.74, 6) is 0.515. The lowest BCUT2D eigenvalue weighted by molar-refractivity contribution is -0.133. The van der Waals surface area contributed by atoms with Crippen molar-refractivity contribution >= 4 is 56.7 Å². The maximum Gasteiger partial charge on any atom is 0.410 e. The molecule has 0 saturated carbocycles. The number of benzene rings is 1. The van der Waals surface area contributed by atoms with Crippen molar-refractivity contribution in [1.29, 1.82) is 0 Å². The third kappa shape index (κ3) is 6.53. The van der Waals surface area contributed by atoms with E-state index in [2.05, 4.69) is 0 Å². The van der Waals surface area contributed by atoms with Gasteiger partial charge in [-0.3, -0.25) is 14.5 Å². The number of fused-ring (bicyclic) bond motifs is 1. The number of carbonyl (C=O) groups excluding carboxylic acids is 3. The number of thiazole rings is 1. The Hall–Kier alpha value is -3.70. The molecule has 1 aliphatic rings. The second-order valence-electron chi connectivity index (χ2n) is 10.5. The van der Waals surface area contributed by atoms with E-state index in [0.717, 1.165) is 11.0 Å². The number of amides is 3. The third-order valence-corrected chi connectivity index (χ3v) is 8.16. The molecule has 11 heteroatoms. The first-order valence-electron chi connectivity index (χ1n) is 13.2. The Labute approximate surface area is 241 Å².